The van der Waals surface area contributed by atoms with Crippen molar-refractivity contribution in [3.63, 3.8) is 0 Å². The molecule has 22 heavy (non-hydrogen) atoms. The van der Waals surface area contributed by atoms with Gasteiger partial charge in [-0.25, -0.2) is 17.9 Å². The van der Waals surface area contributed by atoms with E-state index in [1.165, 1.54) is 19.1 Å². The first kappa shape index (κ1) is 18.6. The maximum atomic E-state index is 12.2. The smallest absolute Gasteiger partial charge is 0.337 e. The number of aliphatic hydroxyl groups excluding tert-OH is 1. The lowest BCUT2D eigenvalue weighted by Crippen LogP contribution is -2.46. The molecule has 6 nitrogen and oxygen atoms in total. The molecule has 0 aromatic heterocycles. The number of hydrogen-bond donors (Lipinski definition) is 2. The molecule has 2 N–H and O–H groups in total. The van der Waals surface area contributed by atoms with Crippen LogP contribution in [0.2, 0.25) is 0 Å². The zero-order valence-electron chi connectivity index (χ0n) is 13.5. The summed E-state index contributed by atoms with van der Waals surface area (Å²) < 4.78 is 31.7. The average Bonchev–Trinajstić information content (AvgIpc) is 2.35. The minimum absolute atomic E-state index is 0.0707. The number of hydrogen-bond acceptors (Lipinski definition) is 5. The lowest BCUT2D eigenvalue weighted by Gasteiger charge is -2.24. The van der Waals surface area contributed by atoms with Gasteiger partial charge in [-0.1, -0.05) is 17.7 Å². The van der Waals surface area contributed by atoms with Crippen LogP contribution in [0.4, 0.5) is 0 Å². The van der Waals surface area contributed by atoms with Crippen molar-refractivity contribution in [2.24, 2.45) is 0 Å². The maximum absolute atomic E-state index is 12.2. The predicted octanol–water partition coefficient (Wildman–Crippen LogP) is 1.36. The van der Waals surface area contributed by atoms with Crippen LogP contribution in [0.15, 0.2) is 29.2 Å². The van der Waals surface area contributed by atoms with Gasteiger partial charge in [-0.2, -0.15) is 0 Å². The second-order valence-corrected chi connectivity index (χ2v) is 7.92. The molecule has 0 bridgehead atoms. The highest BCUT2D eigenvalue weighted by Gasteiger charge is 2.30. The fourth-order valence-corrected chi connectivity index (χ4v) is 2.91. The van der Waals surface area contributed by atoms with E-state index in [1.807, 2.05) is 6.92 Å². The zero-order chi connectivity index (χ0) is 17.1. The van der Waals surface area contributed by atoms with E-state index in [2.05, 4.69) is 4.72 Å². The van der Waals surface area contributed by atoms with Crippen LogP contribution in [0, 0.1) is 6.92 Å². The quantitative estimate of drug-likeness (QED) is 0.796. The van der Waals surface area contributed by atoms with Gasteiger partial charge in [-0.15, -0.1) is 0 Å². The summed E-state index contributed by atoms with van der Waals surface area (Å²) in [4.78, 5) is 11.8. The number of nitrogens with one attached hydrogen (secondary N) is 1. The number of ether oxygens (including phenoxy) is 1. The molecule has 1 rings (SSSR count). The van der Waals surface area contributed by atoms with E-state index in [0.717, 1.165) is 5.56 Å². The molecule has 124 valence electrons. The van der Waals surface area contributed by atoms with Crippen molar-refractivity contribution in [3.05, 3.63) is 29.8 Å². The van der Waals surface area contributed by atoms with Crippen LogP contribution in [0.3, 0.4) is 0 Å². The van der Waals surface area contributed by atoms with E-state index < -0.39 is 33.7 Å². The maximum Gasteiger partial charge on any atom is 0.337 e. The fraction of sp³-hybridized carbons (Fsp3) is 0.533. The first-order valence-electron chi connectivity index (χ1n) is 6.92. The highest BCUT2D eigenvalue weighted by Crippen LogP contribution is 2.13. The molecule has 0 heterocycles. The van der Waals surface area contributed by atoms with Gasteiger partial charge in [0, 0.05) is 0 Å². The molecule has 0 aliphatic rings. The summed E-state index contributed by atoms with van der Waals surface area (Å²) in [5.41, 5.74) is 0.175. The van der Waals surface area contributed by atoms with Gasteiger partial charge in [0.2, 0.25) is 10.0 Å². The molecule has 0 aliphatic heterocycles. The van der Waals surface area contributed by atoms with Crippen molar-refractivity contribution >= 4 is 16.0 Å². The first-order valence-corrected chi connectivity index (χ1v) is 8.40. The number of esters is 1. The summed E-state index contributed by atoms with van der Waals surface area (Å²) in [6, 6.07) is 5.25. The van der Waals surface area contributed by atoms with Gasteiger partial charge < -0.3 is 9.84 Å². The summed E-state index contributed by atoms with van der Waals surface area (Å²) in [6.45, 7) is 8.25. The van der Waals surface area contributed by atoms with Gasteiger partial charge in [0.05, 0.1) is 10.9 Å². The van der Waals surface area contributed by atoms with Gasteiger partial charge in [-0.3, -0.25) is 0 Å². The largest absolute Gasteiger partial charge is 0.458 e. The third-order valence-corrected chi connectivity index (χ3v) is 4.37. The predicted molar refractivity (Wildman–Crippen MR) is 82.8 cm³/mol. The Bertz CT molecular complexity index is 616. The number of aliphatic hydroxyl groups is 1. The fourth-order valence-electron chi connectivity index (χ4n) is 1.66. The molecule has 2 atom stereocenters. The van der Waals surface area contributed by atoms with Crippen LogP contribution in [0.25, 0.3) is 0 Å². The summed E-state index contributed by atoms with van der Waals surface area (Å²) in [6.07, 6.45) is -1.58. The highest BCUT2D eigenvalue weighted by molar-refractivity contribution is 7.89. The van der Waals surface area contributed by atoms with E-state index in [-0.39, 0.29) is 4.90 Å². The third-order valence-electron chi connectivity index (χ3n) is 2.79. The molecule has 0 spiro atoms. The molecule has 1 aromatic rings. The molecule has 1 aromatic carbocycles. The standard InChI is InChI=1S/C15H23NO5S/c1-10-6-8-12(9-7-10)22(19,20)16-11(2)13(17)14(18)21-15(3,4)5/h6-9,11,13,16-17H,1-5H3/t11-,13+/m1/s1. The second kappa shape index (κ2) is 6.76. The lowest BCUT2D eigenvalue weighted by molar-refractivity contribution is -0.166. The van der Waals surface area contributed by atoms with Gasteiger partial charge in [-0.05, 0) is 46.8 Å². The summed E-state index contributed by atoms with van der Waals surface area (Å²) in [5, 5.41) is 9.90. The Balaban J connectivity index is 2.80. The summed E-state index contributed by atoms with van der Waals surface area (Å²) >= 11 is 0. The van der Waals surface area contributed by atoms with Gasteiger partial charge >= 0.3 is 5.97 Å². The Morgan fingerprint density at radius 1 is 1.23 bits per heavy atom. The Morgan fingerprint density at radius 2 is 1.73 bits per heavy atom. The summed E-state index contributed by atoms with van der Waals surface area (Å²) in [7, 11) is -3.82. The molecule has 0 saturated heterocycles. The first-order chi connectivity index (χ1) is 9.92. The topological polar surface area (TPSA) is 92.7 Å². The number of benzene rings is 1. The molecule has 0 fully saturated rings. The number of sulfonamides is 1. The van der Waals surface area contributed by atoms with E-state index in [1.54, 1.807) is 32.9 Å². The Kier molecular flexibility index (Phi) is 5.72. The normalized spacial score (nSPS) is 15.2. The third kappa shape index (κ3) is 5.40. The molecule has 7 heteroatoms. The van der Waals surface area contributed by atoms with Crippen molar-refractivity contribution in [2.75, 3.05) is 0 Å². The van der Waals surface area contributed by atoms with Crippen LogP contribution in [0.1, 0.15) is 33.3 Å². The molecule has 0 radical (unpaired) electrons. The van der Waals surface area contributed by atoms with Gasteiger partial charge in [0.1, 0.15) is 5.60 Å². The average molecular weight is 329 g/mol. The monoisotopic (exact) mass is 329 g/mol. The molecular formula is C15H23NO5S. The van der Waals surface area contributed by atoms with Crippen LogP contribution < -0.4 is 4.72 Å². The highest BCUT2D eigenvalue weighted by atomic mass is 32.2. The van der Waals surface area contributed by atoms with E-state index in [9.17, 15) is 18.3 Å². The minimum atomic E-state index is -3.82. The van der Waals surface area contributed by atoms with Gasteiger partial charge in [0.15, 0.2) is 6.10 Å². The summed E-state index contributed by atoms with van der Waals surface area (Å²) in [5.74, 6) is -0.869. The number of aryl methyl sites for hydroxylation is 1. The SMILES string of the molecule is Cc1ccc(S(=O)(=O)N[C@H](C)[C@H](O)C(=O)OC(C)(C)C)cc1. The number of rotatable bonds is 5. The Morgan fingerprint density at radius 3 is 2.18 bits per heavy atom. The molecular weight excluding hydrogens is 306 g/mol. The van der Waals surface area contributed by atoms with E-state index in [4.69, 9.17) is 4.74 Å². The van der Waals surface area contributed by atoms with E-state index >= 15 is 0 Å². The molecule has 0 saturated carbocycles. The second-order valence-electron chi connectivity index (χ2n) is 6.20. The molecule has 0 aliphatic carbocycles. The lowest BCUT2D eigenvalue weighted by atomic mass is 10.1. The van der Waals surface area contributed by atoms with Crippen molar-refractivity contribution in [3.8, 4) is 0 Å². The molecule has 0 unspecified atom stereocenters. The van der Waals surface area contributed by atoms with Crippen molar-refractivity contribution < 1.29 is 23.1 Å². The van der Waals surface area contributed by atoms with Crippen LogP contribution in [-0.2, 0) is 19.6 Å². The Labute approximate surface area is 131 Å². The molecule has 0 amide bonds. The zero-order valence-corrected chi connectivity index (χ0v) is 14.3. The van der Waals surface area contributed by atoms with Gasteiger partial charge in [0.25, 0.3) is 0 Å². The van der Waals surface area contributed by atoms with E-state index in [0.29, 0.717) is 0 Å². The van der Waals surface area contributed by atoms with Crippen molar-refractivity contribution in [1.29, 1.82) is 0 Å². The minimum Gasteiger partial charge on any atom is -0.458 e. The van der Waals surface area contributed by atoms with Crippen molar-refractivity contribution in [1.82, 2.24) is 4.72 Å². The van der Waals surface area contributed by atoms with Crippen LogP contribution >= 0.6 is 0 Å². The van der Waals surface area contributed by atoms with Crippen molar-refractivity contribution in [2.45, 2.75) is 57.3 Å². The Hall–Kier alpha value is -1.44. The van der Waals surface area contributed by atoms with Crippen LogP contribution in [-0.4, -0.2) is 37.2 Å². The van der Waals surface area contributed by atoms with Crippen LogP contribution in [0.5, 0.6) is 0 Å². The number of carbonyl (C=O) groups is 1. The number of carbonyl (C=O) groups excluding carboxylic acids is 1.